The third-order valence-electron chi connectivity index (χ3n) is 4.48. The molecule has 3 N–H and O–H groups in total. The van der Waals surface area contributed by atoms with Crippen molar-refractivity contribution in [1.82, 2.24) is 10.6 Å². The molecule has 2 aliphatic heterocycles. The van der Waals surface area contributed by atoms with Crippen LogP contribution in [0.2, 0.25) is 0 Å². The second-order valence-corrected chi connectivity index (χ2v) is 6.94. The van der Waals surface area contributed by atoms with Crippen LogP contribution in [0.3, 0.4) is 0 Å². The number of aliphatic hydroxyl groups excluding tert-OH is 1. The maximum atomic E-state index is 12.3. The molecule has 132 valence electrons. The van der Waals surface area contributed by atoms with Gasteiger partial charge in [-0.15, -0.1) is 12.4 Å². The molecule has 1 aromatic carbocycles. The second kappa shape index (κ2) is 8.29. The molecule has 2 fully saturated rings. The van der Waals surface area contributed by atoms with Crippen molar-refractivity contribution in [3.05, 3.63) is 28.7 Å². The fourth-order valence-corrected chi connectivity index (χ4v) is 3.59. The first kappa shape index (κ1) is 19.2. The number of anilines is 1. The summed E-state index contributed by atoms with van der Waals surface area (Å²) >= 11 is 3.44. The number of halogens is 2. The molecule has 8 heteroatoms. The summed E-state index contributed by atoms with van der Waals surface area (Å²) in [5.74, 6) is -0.469. The first-order chi connectivity index (χ1) is 11.1. The predicted molar refractivity (Wildman–Crippen MR) is 97.2 cm³/mol. The molecule has 3 unspecified atom stereocenters. The Morgan fingerprint density at radius 1 is 1.38 bits per heavy atom. The number of benzene rings is 1. The average molecular weight is 419 g/mol. The van der Waals surface area contributed by atoms with Gasteiger partial charge in [0, 0.05) is 43.0 Å². The zero-order valence-corrected chi connectivity index (χ0v) is 15.5. The van der Waals surface area contributed by atoms with Crippen molar-refractivity contribution in [2.75, 3.05) is 31.1 Å². The molecule has 0 aliphatic carbocycles. The highest BCUT2D eigenvalue weighted by Crippen LogP contribution is 2.31. The number of hydrogen-bond donors (Lipinski definition) is 3. The van der Waals surface area contributed by atoms with Crippen LogP contribution in [0, 0.1) is 11.8 Å². The van der Waals surface area contributed by atoms with E-state index in [1.165, 1.54) is 0 Å². The van der Waals surface area contributed by atoms with E-state index in [9.17, 15) is 14.7 Å². The third-order valence-corrected chi connectivity index (χ3v) is 5.15. The number of carbonyl (C=O) groups excluding carboxylic acids is 2. The van der Waals surface area contributed by atoms with E-state index < -0.39 is 6.10 Å². The molecular weight excluding hydrogens is 398 g/mol. The van der Waals surface area contributed by atoms with Gasteiger partial charge in [0.05, 0.1) is 17.7 Å². The number of rotatable bonds is 4. The van der Waals surface area contributed by atoms with Gasteiger partial charge < -0.3 is 20.6 Å². The Hall–Kier alpha value is -1.15. The van der Waals surface area contributed by atoms with Gasteiger partial charge in [-0.2, -0.15) is 0 Å². The lowest BCUT2D eigenvalue weighted by atomic mass is 10.0. The van der Waals surface area contributed by atoms with Gasteiger partial charge in [0.1, 0.15) is 0 Å². The van der Waals surface area contributed by atoms with Crippen molar-refractivity contribution in [2.24, 2.45) is 11.8 Å². The van der Waals surface area contributed by atoms with E-state index in [0.29, 0.717) is 26.2 Å². The van der Waals surface area contributed by atoms with Crippen molar-refractivity contribution < 1.29 is 14.7 Å². The third kappa shape index (κ3) is 4.08. The molecule has 2 amide bonds. The van der Waals surface area contributed by atoms with Gasteiger partial charge in [-0.05, 0) is 28.1 Å². The lowest BCUT2D eigenvalue weighted by Crippen LogP contribution is -2.38. The minimum atomic E-state index is -0.419. The summed E-state index contributed by atoms with van der Waals surface area (Å²) in [6.45, 7) is 2.10. The maximum absolute atomic E-state index is 12.3. The summed E-state index contributed by atoms with van der Waals surface area (Å²) in [5.41, 5.74) is 0.795. The quantitative estimate of drug-likeness (QED) is 0.679. The van der Waals surface area contributed by atoms with E-state index in [1.54, 1.807) is 4.90 Å². The molecule has 0 radical (unpaired) electrons. The molecule has 2 aliphatic rings. The largest absolute Gasteiger partial charge is 0.391 e. The van der Waals surface area contributed by atoms with Crippen LogP contribution >= 0.6 is 28.3 Å². The van der Waals surface area contributed by atoms with E-state index in [4.69, 9.17) is 0 Å². The second-order valence-electron chi connectivity index (χ2n) is 6.09. The van der Waals surface area contributed by atoms with Gasteiger partial charge in [0.25, 0.3) is 0 Å². The zero-order chi connectivity index (χ0) is 16.4. The molecule has 1 aromatic rings. The van der Waals surface area contributed by atoms with E-state index in [0.717, 1.165) is 10.2 Å². The van der Waals surface area contributed by atoms with E-state index in [-0.39, 0.29) is 42.5 Å². The number of nitrogens with one attached hydrogen (secondary N) is 2. The number of amides is 2. The lowest BCUT2D eigenvalue weighted by Gasteiger charge is -2.19. The summed E-state index contributed by atoms with van der Waals surface area (Å²) in [6, 6.07) is 7.50. The van der Waals surface area contributed by atoms with Crippen molar-refractivity contribution in [3.8, 4) is 0 Å². The summed E-state index contributed by atoms with van der Waals surface area (Å²) in [6.07, 6.45) is -0.198. The van der Waals surface area contributed by atoms with Gasteiger partial charge in [-0.3, -0.25) is 9.59 Å². The van der Waals surface area contributed by atoms with Crippen molar-refractivity contribution in [2.45, 2.75) is 12.5 Å². The fourth-order valence-electron chi connectivity index (χ4n) is 3.09. The van der Waals surface area contributed by atoms with Crippen LogP contribution < -0.4 is 15.5 Å². The first-order valence-electron chi connectivity index (χ1n) is 7.77. The number of para-hydroxylation sites is 1. The molecule has 6 nitrogen and oxygen atoms in total. The molecule has 2 heterocycles. The Morgan fingerprint density at radius 3 is 2.79 bits per heavy atom. The SMILES string of the molecule is Cl.O=C(NCC1CNCC1O)C1CC(=O)N(c2ccccc2Br)C1. The maximum Gasteiger partial charge on any atom is 0.227 e. The van der Waals surface area contributed by atoms with E-state index in [2.05, 4.69) is 26.6 Å². The summed E-state index contributed by atoms with van der Waals surface area (Å²) in [4.78, 5) is 26.2. The predicted octanol–water partition coefficient (Wildman–Crippen LogP) is 0.920. The minimum absolute atomic E-state index is 0. The van der Waals surface area contributed by atoms with Crippen LogP contribution in [-0.4, -0.2) is 49.2 Å². The normalized spacial score (nSPS) is 26.3. The standard InChI is InChI=1S/C16H20BrN3O3.ClH/c17-12-3-1-2-4-13(12)20-9-10(5-15(20)22)16(23)19-7-11-6-18-8-14(11)21;/h1-4,10-11,14,18,21H,5-9H2,(H,19,23);1H. The smallest absolute Gasteiger partial charge is 0.227 e. The topological polar surface area (TPSA) is 81.7 Å². The first-order valence-corrected chi connectivity index (χ1v) is 8.57. The minimum Gasteiger partial charge on any atom is -0.391 e. The summed E-state index contributed by atoms with van der Waals surface area (Å²) in [7, 11) is 0. The number of nitrogens with zero attached hydrogens (tertiary/aromatic N) is 1. The number of carbonyl (C=O) groups is 2. The van der Waals surface area contributed by atoms with Crippen LogP contribution in [0.15, 0.2) is 28.7 Å². The van der Waals surface area contributed by atoms with Crippen LogP contribution in [-0.2, 0) is 9.59 Å². The molecule has 3 rings (SSSR count). The van der Waals surface area contributed by atoms with Crippen molar-refractivity contribution >= 4 is 45.8 Å². The van der Waals surface area contributed by atoms with E-state index >= 15 is 0 Å². The van der Waals surface area contributed by atoms with Crippen LogP contribution in [0.25, 0.3) is 0 Å². The zero-order valence-electron chi connectivity index (χ0n) is 13.1. The highest BCUT2D eigenvalue weighted by Gasteiger charge is 2.36. The number of hydrogen-bond acceptors (Lipinski definition) is 4. The summed E-state index contributed by atoms with van der Waals surface area (Å²) < 4.78 is 0.842. The molecule has 0 saturated carbocycles. The molecular formula is C16H21BrClN3O3. The molecule has 2 saturated heterocycles. The van der Waals surface area contributed by atoms with Gasteiger partial charge in [-0.25, -0.2) is 0 Å². The van der Waals surface area contributed by atoms with E-state index in [1.807, 2.05) is 24.3 Å². The lowest BCUT2D eigenvalue weighted by molar-refractivity contribution is -0.126. The van der Waals surface area contributed by atoms with Crippen LogP contribution in [0.5, 0.6) is 0 Å². The number of β-amino-alcohol motifs (C(OH)–C–C–N with tert-alkyl or cyclic N) is 1. The average Bonchev–Trinajstić information content (AvgIpc) is 3.11. The van der Waals surface area contributed by atoms with Crippen LogP contribution in [0.4, 0.5) is 5.69 Å². The molecule has 0 bridgehead atoms. The number of aliphatic hydroxyl groups is 1. The molecule has 3 atom stereocenters. The highest BCUT2D eigenvalue weighted by atomic mass is 79.9. The van der Waals surface area contributed by atoms with Crippen molar-refractivity contribution in [3.63, 3.8) is 0 Å². The summed E-state index contributed by atoms with van der Waals surface area (Å²) in [5, 5.41) is 15.7. The van der Waals surface area contributed by atoms with Gasteiger partial charge in [-0.1, -0.05) is 12.1 Å². The van der Waals surface area contributed by atoms with Gasteiger partial charge in [0.2, 0.25) is 11.8 Å². The molecule has 0 aromatic heterocycles. The monoisotopic (exact) mass is 417 g/mol. The Labute approximate surface area is 155 Å². The van der Waals surface area contributed by atoms with Gasteiger partial charge >= 0.3 is 0 Å². The molecule has 0 spiro atoms. The van der Waals surface area contributed by atoms with Crippen molar-refractivity contribution in [1.29, 1.82) is 0 Å². The fraction of sp³-hybridized carbons (Fsp3) is 0.500. The Morgan fingerprint density at radius 2 is 2.12 bits per heavy atom. The Balaban J connectivity index is 0.00000208. The Bertz CT molecular complexity index is 616. The Kier molecular flexibility index (Phi) is 6.62. The van der Waals surface area contributed by atoms with Gasteiger partial charge in [0.15, 0.2) is 0 Å². The molecule has 24 heavy (non-hydrogen) atoms. The highest BCUT2D eigenvalue weighted by molar-refractivity contribution is 9.10. The van der Waals surface area contributed by atoms with Crippen LogP contribution in [0.1, 0.15) is 6.42 Å².